The molecule has 0 saturated heterocycles. The van der Waals surface area contributed by atoms with Crippen molar-refractivity contribution in [1.29, 1.82) is 0 Å². The van der Waals surface area contributed by atoms with Crippen LogP contribution in [0.4, 0.5) is 0 Å². The molecule has 0 radical (unpaired) electrons. The lowest BCUT2D eigenvalue weighted by Gasteiger charge is -2.01. The van der Waals surface area contributed by atoms with Gasteiger partial charge >= 0.3 is 5.91 Å². The van der Waals surface area contributed by atoms with Gasteiger partial charge in [0.1, 0.15) is 11.5 Å². The molecule has 142 valence electrons. The van der Waals surface area contributed by atoms with Crippen LogP contribution < -0.4 is 4.80 Å². The van der Waals surface area contributed by atoms with Gasteiger partial charge in [-0.05, 0) is 36.4 Å². The van der Waals surface area contributed by atoms with Crippen LogP contribution in [0.25, 0.3) is 10.2 Å². The van der Waals surface area contributed by atoms with Crippen LogP contribution in [-0.4, -0.2) is 18.9 Å². The van der Waals surface area contributed by atoms with Crippen LogP contribution in [0, 0.1) is 0 Å². The highest BCUT2D eigenvalue weighted by Crippen LogP contribution is 2.19. The SMILES string of the molecule is Cn1c(=NC(=O)c2ccc(CS(=O)(=O)c3ccccc3)o2)sc2ccccc21. The molecule has 6 nitrogen and oxygen atoms in total. The first kappa shape index (κ1) is 18.4. The normalized spacial score (nSPS) is 12.5. The van der Waals surface area contributed by atoms with Gasteiger partial charge in [-0.3, -0.25) is 4.79 Å². The zero-order valence-corrected chi connectivity index (χ0v) is 16.5. The molecule has 2 heterocycles. The standard InChI is InChI=1S/C20H16N2O4S2/c1-22-16-9-5-6-10-18(16)27-20(22)21-19(23)17-12-11-14(26-17)13-28(24,25)15-7-3-2-4-8-15/h2-12H,13H2,1H3. The highest BCUT2D eigenvalue weighted by atomic mass is 32.2. The van der Waals surface area contributed by atoms with Gasteiger partial charge in [0.25, 0.3) is 0 Å². The molecule has 0 aliphatic rings. The summed E-state index contributed by atoms with van der Waals surface area (Å²) in [7, 11) is -1.71. The Balaban J connectivity index is 1.60. The minimum atomic E-state index is -3.55. The lowest BCUT2D eigenvalue weighted by atomic mass is 10.3. The first-order chi connectivity index (χ1) is 13.4. The van der Waals surface area contributed by atoms with Gasteiger partial charge in [0, 0.05) is 7.05 Å². The Hall–Kier alpha value is -2.97. The summed E-state index contributed by atoms with van der Waals surface area (Å²) < 4.78 is 33.2. The van der Waals surface area contributed by atoms with E-state index in [1.807, 2.05) is 35.9 Å². The Bertz CT molecular complexity index is 1330. The number of nitrogens with zero attached hydrogens (tertiary/aromatic N) is 2. The molecular formula is C20H16N2O4S2. The largest absolute Gasteiger partial charge is 0.455 e. The first-order valence-corrected chi connectivity index (χ1v) is 10.9. The molecular weight excluding hydrogens is 396 g/mol. The van der Waals surface area contributed by atoms with E-state index in [1.54, 1.807) is 18.2 Å². The van der Waals surface area contributed by atoms with Crippen LogP contribution in [0.3, 0.4) is 0 Å². The van der Waals surface area contributed by atoms with Gasteiger partial charge in [0.05, 0.1) is 15.1 Å². The van der Waals surface area contributed by atoms with Gasteiger partial charge in [-0.2, -0.15) is 4.99 Å². The number of aryl methyl sites for hydroxylation is 1. The van der Waals surface area contributed by atoms with Crippen molar-refractivity contribution in [3.05, 3.63) is 83.1 Å². The van der Waals surface area contributed by atoms with Gasteiger partial charge in [0.15, 0.2) is 20.4 Å². The number of hydrogen-bond donors (Lipinski definition) is 0. The maximum absolute atomic E-state index is 12.5. The number of benzene rings is 2. The number of fused-ring (bicyclic) bond motifs is 1. The number of amides is 1. The van der Waals surface area contributed by atoms with Crippen LogP contribution in [0.5, 0.6) is 0 Å². The van der Waals surface area contributed by atoms with Crippen molar-refractivity contribution < 1.29 is 17.6 Å². The monoisotopic (exact) mass is 412 g/mol. The highest BCUT2D eigenvalue weighted by molar-refractivity contribution is 7.90. The van der Waals surface area contributed by atoms with Crippen molar-refractivity contribution >= 4 is 37.3 Å². The Morgan fingerprint density at radius 2 is 1.75 bits per heavy atom. The fourth-order valence-electron chi connectivity index (χ4n) is 2.80. The van der Waals surface area contributed by atoms with Crippen LogP contribution in [0.15, 0.2) is 81.0 Å². The molecule has 0 N–H and O–H groups in total. The number of hydrogen-bond acceptors (Lipinski definition) is 5. The molecule has 1 amide bonds. The highest BCUT2D eigenvalue weighted by Gasteiger charge is 2.19. The zero-order chi connectivity index (χ0) is 19.7. The Kier molecular flexibility index (Phi) is 4.74. The second kappa shape index (κ2) is 7.21. The summed E-state index contributed by atoms with van der Waals surface area (Å²) in [4.78, 5) is 17.4. The molecule has 0 fully saturated rings. The molecule has 4 aromatic rings. The van der Waals surface area contributed by atoms with Crippen LogP contribution >= 0.6 is 11.3 Å². The lowest BCUT2D eigenvalue weighted by Crippen LogP contribution is -2.13. The number of carbonyl (C=O) groups excluding carboxylic acids is 1. The van der Waals surface area contributed by atoms with E-state index in [1.165, 1.54) is 35.6 Å². The minimum Gasteiger partial charge on any atom is -0.455 e. The minimum absolute atomic E-state index is 0.00992. The van der Waals surface area contributed by atoms with Gasteiger partial charge in [-0.15, -0.1) is 0 Å². The zero-order valence-electron chi connectivity index (χ0n) is 14.9. The van der Waals surface area contributed by atoms with Crippen molar-refractivity contribution in [2.75, 3.05) is 0 Å². The van der Waals surface area contributed by atoms with Crippen molar-refractivity contribution in [2.24, 2.45) is 12.0 Å². The van der Waals surface area contributed by atoms with Crippen molar-refractivity contribution in [2.45, 2.75) is 10.6 Å². The average Bonchev–Trinajstić information content (AvgIpc) is 3.27. The summed E-state index contributed by atoms with van der Waals surface area (Å²) in [5.41, 5.74) is 0.980. The van der Waals surface area contributed by atoms with E-state index in [-0.39, 0.29) is 22.2 Å². The van der Waals surface area contributed by atoms with Crippen LogP contribution in [0.2, 0.25) is 0 Å². The van der Waals surface area contributed by atoms with Crippen molar-refractivity contribution in [3.63, 3.8) is 0 Å². The fourth-order valence-corrected chi connectivity index (χ4v) is 5.08. The topological polar surface area (TPSA) is 81.6 Å². The quantitative estimate of drug-likeness (QED) is 0.513. The van der Waals surface area contributed by atoms with E-state index >= 15 is 0 Å². The second-order valence-corrected chi connectivity index (χ2v) is 9.17. The molecule has 0 unspecified atom stereocenters. The molecule has 0 aliphatic carbocycles. The third-order valence-electron chi connectivity index (χ3n) is 4.22. The van der Waals surface area contributed by atoms with Gasteiger partial charge in [0.2, 0.25) is 0 Å². The van der Waals surface area contributed by atoms with Crippen molar-refractivity contribution in [1.82, 2.24) is 4.57 Å². The number of furan rings is 1. The Morgan fingerprint density at radius 1 is 1.04 bits per heavy atom. The predicted octanol–water partition coefficient (Wildman–Crippen LogP) is 3.55. The maximum Gasteiger partial charge on any atom is 0.315 e. The molecule has 0 atom stereocenters. The molecule has 0 saturated carbocycles. The Morgan fingerprint density at radius 3 is 2.50 bits per heavy atom. The molecule has 4 rings (SSSR count). The number of aromatic nitrogens is 1. The van der Waals surface area contributed by atoms with E-state index in [2.05, 4.69) is 4.99 Å². The average molecular weight is 412 g/mol. The summed E-state index contributed by atoms with van der Waals surface area (Å²) in [6, 6.07) is 18.8. The van der Waals surface area contributed by atoms with Gasteiger partial charge in [-0.25, -0.2) is 8.42 Å². The fraction of sp³-hybridized carbons (Fsp3) is 0.100. The summed E-state index contributed by atoms with van der Waals surface area (Å²) in [5.74, 6) is -0.662. The lowest BCUT2D eigenvalue weighted by molar-refractivity contribution is 0.0970. The molecule has 0 bridgehead atoms. The third-order valence-corrected chi connectivity index (χ3v) is 6.99. The smallest absolute Gasteiger partial charge is 0.315 e. The first-order valence-electron chi connectivity index (χ1n) is 8.44. The number of thiazole rings is 1. The molecule has 2 aromatic carbocycles. The molecule has 28 heavy (non-hydrogen) atoms. The number of carbonyl (C=O) groups is 1. The van der Waals surface area contributed by atoms with E-state index in [0.717, 1.165) is 10.2 Å². The van der Waals surface area contributed by atoms with E-state index in [4.69, 9.17) is 4.42 Å². The summed E-state index contributed by atoms with van der Waals surface area (Å²) in [6.45, 7) is 0. The van der Waals surface area contributed by atoms with Crippen molar-refractivity contribution in [3.8, 4) is 0 Å². The van der Waals surface area contributed by atoms with E-state index < -0.39 is 15.7 Å². The van der Waals surface area contributed by atoms with Gasteiger partial charge in [-0.1, -0.05) is 41.7 Å². The molecule has 2 aromatic heterocycles. The third kappa shape index (κ3) is 3.56. The summed E-state index contributed by atoms with van der Waals surface area (Å²) >= 11 is 1.40. The predicted molar refractivity (Wildman–Crippen MR) is 107 cm³/mol. The second-order valence-electron chi connectivity index (χ2n) is 6.17. The van der Waals surface area contributed by atoms with E-state index in [9.17, 15) is 13.2 Å². The Labute approximate surface area is 165 Å². The number of rotatable bonds is 4. The summed E-state index contributed by atoms with van der Waals surface area (Å²) in [5, 5.41) is 0. The van der Waals surface area contributed by atoms with E-state index in [0.29, 0.717) is 4.80 Å². The molecule has 8 heteroatoms. The van der Waals surface area contributed by atoms with Crippen LogP contribution in [-0.2, 0) is 22.6 Å². The number of para-hydroxylation sites is 1. The van der Waals surface area contributed by atoms with Gasteiger partial charge < -0.3 is 8.98 Å². The number of sulfone groups is 1. The van der Waals surface area contributed by atoms with Crippen LogP contribution in [0.1, 0.15) is 16.3 Å². The molecule has 0 aliphatic heterocycles. The molecule has 0 spiro atoms. The maximum atomic E-state index is 12.5. The summed E-state index contributed by atoms with van der Waals surface area (Å²) in [6.07, 6.45) is 0.